The fourth-order valence-electron chi connectivity index (χ4n) is 0.833. The highest BCUT2D eigenvalue weighted by Crippen LogP contribution is 1.95. The molecule has 0 saturated heterocycles. The number of rotatable bonds is 2. The molecule has 0 spiro atoms. The van der Waals surface area contributed by atoms with Gasteiger partial charge in [0.05, 0.1) is 6.61 Å². The summed E-state index contributed by atoms with van der Waals surface area (Å²) in [6.07, 6.45) is 0.906. The highest BCUT2D eigenvalue weighted by atomic mass is 16.5. The molecule has 1 aliphatic rings. The van der Waals surface area contributed by atoms with Crippen molar-refractivity contribution in [3.8, 4) is 0 Å². The van der Waals surface area contributed by atoms with Gasteiger partial charge >= 0.3 is 5.91 Å². The Hall–Kier alpha value is -1.06. The first kappa shape index (κ1) is 8.04. The highest BCUT2D eigenvalue weighted by molar-refractivity contribution is 6.35. The van der Waals surface area contributed by atoms with Crippen LogP contribution in [-0.4, -0.2) is 31.5 Å². The van der Waals surface area contributed by atoms with Gasteiger partial charge in [-0.15, -0.1) is 0 Å². The second-order valence-electron chi connectivity index (χ2n) is 2.25. The van der Waals surface area contributed by atoms with E-state index in [-0.39, 0.29) is 11.8 Å². The molecule has 0 saturated carbocycles. The standard InChI is InChI=1S/C7H12N2O2/c1-2-8-6(10)7-9-4-3-5-11-7/h2-5H2,1H3,(H,8,10). The summed E-state index contributed by atoms with van der Waals surface area (Å²) in [4.78, 5) is 15.0. The normalized spacial score (nSPS) is 16.6. The fourth-order valence-corrected chi connectivity index (χ4v) is 0.833. The molecular formula is C7H12N2O2. The average molecular weight is 156 g/mol. The van der Waals surface area contributed by atoms with E-state index in [0.717, 1.165) is 6.42 Å². The molecule has 0 aromatic rings. The van der Waals surface area contributed by atoms with Gasteiger partial charge in [-0.25, -0.2) is 4.99 Å². The largest absolute Gasteiger partial charge is 0.474 e. The van der Waals surface area contributed by atoms with Crippen LogP contribution in [0.25, 0.3) is 0 Å². The lowest BCUT2D eigenvalue weighted by atomic mass is 10.4. The van der Waals surface area contributed by atoms with Crippen LogP contribution in [-0.2, 0) is 9.53 Å². The summed E-state index contributed by atoms with van der Waals surface area (Å²) in [6.45, 7) is 3.78. The third-order valence-electron chi connectivity index (χ3n) is 1.33. The molecule has 11 heavy (non-hydrogen) atoms. The SMILES string of the molecule is CCNC(=O)C1=NCCCO1. The number of carbonyl (C=O) groups excluding carboxylic acids is 1. The predicted molar refractivity (Wildman–Crippen MR) is 41.6 cm³/mol. The van der Waals surface area contributed by atoms with Crippen molar-refractivity contribution in [1.29, 1.82) is 0 Å². The third kappa shape index (κ3) is 2.22. The van der Waals surface area contributed by atoms with E-state index < -0.39 is 0 Å². The van der Waals surface area contributed by atoms with Gasteiger partial charge in [-0.05, 0) is 6.92 Å². The van der Waals surface area contributed by atoms with Gasteiger partial charge < -0.3 is 10.1 Å². The number of ether oxygens (including phenoxy) is 1. The maximum Gasteiger partial charge on any atom is 0.306 e. The molecule has 0 radical (unpaired) electrons. The maximum absolute atomic E-state index is 11.0. The van der Waals surface area contributed by atoms with E-state index in [1.807, 2.05) is 6.92 Å². The number of aliphatic imine (C=N–C) groups is 1. The second kappa shape index (κ2) is 3.95. The Morgan fingerprint density at radius 3 is 3.18 bits per heavy atom. The number of carbonyl (C=O) groups is 1. The number of nitrogens with zero attached hydrogens (tertiary/aromatic N) is 1. The smallest absolute Gasteiger partial charge is 0.306 e. The third-order valence-corrected chi connectivity index (χ3v) is 1.33. The van der Waals surface area contributed by atoms with Crippen molar-refractivity contribution in [3.63, 3.8) is 0 Å². The summed E-state index contributed by atoms with van der Waals surface area (Å²) in [7, 11) is 0. The summed E-state index contributed by atoms with van der Waals surface area (Å²) in [5.74, 6) is 0.0327. The van der Waals surface area contributed by atoms with E-state index in [1.54, 1.807) is 0 Å². The van der Waals surface area contributed by atoms with Crippen LogP contribution >= 0.6 is 0 Å². The lowest BCUT2D eigenvalue weighted by molar-refractivity contribution is -0.116. The number of hydrogen-bond acceptors (Lipinski definition) is 3. The van der Waals surface area contributed by atoms with Crippen LogP contribution in [0.5, 0.6) is 0 Å². The van der Waals surface area contributed by atoms with Gasteiger partial charge in [0.1, 0.15) is 0 Å². The molecule has 1 amide bonds. The van der Waals surface area contributed by atoms with Crippen LogP contribution in [0, 0.1) is 0 Å². The zero-order valence-corrected chi connectivity index (χ0v) is 6.59. The van der Waals surface area contributed by atoms with Crippen LogP contribution in [0.4, 0.5) is 0 Å². The lowest BCUT2D eigenvalue weighted by Crippen LogP contribution is -2.34. The van der Waals surface area contributed by atoms with Crippen molar-refractivity contribution in [2.24, 2.45) is 4.99 Å². The molecule has 4 heteroatoms. The molecule has 1 N–H and O–H groups in total. The summed E-state index contributed by atoms with van der Waals surface area (Å²) < 4.78 is 5.03. The minimum atomic E-state index is -0.202. The molecule has 0 aromatic carbocycles. The van der Waals surface area contributed by atoms with Crippen molar-refractivity contribution in [2.75, 3.05) is 19.7 Å². The predicted octanol–water partition coefficient (Wildman–Crippen LogP) is -0.0587. The van der Waals surface area contributed by atoms with Gasteiger partial charge in [-0.1, -0.05) is 0 Å². The number of likely N-dealkylation sites (N-methyl/N-ethyl adjacent to an activating group) is 1. The monoisotopic (exact) mass is 156 g/mol. The Bertz CT molecular complexity index is 177. The zero-order chi connectivity index (χ0) is 8.10. The van der Waals surface area contributed by atoms with Crippen molar-refractivity contribution in [1.82, 2.24) is 5.32 Å². The van der Waals surface area contributed by atoms with Crippen LogP contribution in [0.1, 0.15) is 13.3 Å². The average Bonchev–Trinajstić information content (AvgIpc) is 2.07. The van der Waals surface area contributed by atoms with E-state index in [1.165, 1.54) is 0 Å². The van der Waals surface area contributed by atoms with Gasteiger partial charge in [0.15, 0.2) is 0 Å². The Balaban J connectivity index is 2.44. The van der Waals surface area contributed by atoms with Gasteiger partial charge in [-0.3, -0.25) is 4.79 Å². The van der Waals surface area contributed by atoms with Crippen LogP contribution in [0.2, 0.25) is 0 Å². The number of hydrogen-bond donors (Lipinski definition) is 1. The maximum atomic E-state index is 11.0. The molecule has 4 nitrogen and oxygen atoms in total. The van der Waals surface area contributed by atoms with E-state index >= 15 is 0 Å². The quantitative estimate of drug-likeness (QED) is 0.609. The summed E-state index contributed by atoms with van der Waals surface area (Å²) in [5.41, 5.74) is 0. The van der Waals surface area contributed by atoms with E-state index in [9.17, 15) is 4.79 Å². The fraction of sp³-hybridized carbons (Fsp3) is 0.714. The Labute approximate surface area is 65.6 Å². The number of nitrogens with one attached hydrogen (secondary N) is 1. The van der Waals surface area contributed by atoms with Gasteiger partial charge in [0.25, 0.3) is 5.90 Å². The molecular weight excluding hydrogens is 144 g/mol. The first-order chi connectivity index (χ1) is 5.34. The molecule has 1 heterocycles. The first-order valence-corrected chi connectivity index (χ1v) is 3.80. The van der Waals surface area contributed by atoms with Crippen molar-refractivity contribution >= 4 is 11.8 Å². The highest BCUT2D eigenvalue weighted by Gasteiger charge is 2.13. The van der Waals surface area contributed by atoms with E-state index in [0.29, 0.717) is 19.7 Å². The summed E-state index contributed by atoms with van der Waals surface area (Å²) in [5, 5.41) is 2.62. The Morgan fingerprint density at radius 2 is 2.64 bits per heavy atom. The van der Waals surface area contributed by atoms with Crippen molar-refractivity contribution in [3.05, 3.63) is 0 Å². The van der Waals surface area contributed by atoms with Crippen LogP contribution in [0.3, 0.4) is 0 Å². The minimum Gasteiger partial charge on any atom is -0.474 e. The molecule has 0 aliphatic carbocycles. The molecule has 0 bridgehead atoms. The lowest BCUT2D eigenvalue weighted by Gasteiger charge is -2.12. The minimum absolute atomic E-state index is 0.202. The topological polar surface area (TPSA) is 50.7 Å². The summed E-state index contributed by atoms with van der Waals surface area (Å²) in [6, 6.07) is 0. The molecule has 1 aliphatic heterocycles. The Morgan fingerprint density at radius 1 is 1.82 bits per heavy atom. The second-order valence-corrected chi connectivity index (χ2v) is 2.25. The van der Waals surface area contributed by atoms with Gasteiger partial charge in [-0.2, -0.15) is 0 Å². The molecule has 0 fully saturated rings. The van der Waals surface area contributed by atoms with E-state index in [4.69, 9.17) is 4.74 Å². The molecule has 0 unspecified atom stereocenters. The summed E-state index contributed by atoms with van der Waals surface area (Å²) >= 11 is 0. The zero-order valence-electron chi connectivity index (χ0n) is 6.59. The van der Waals surface area contributed by atoms with Crippen molar-refractivity contribution < 1.29 is 9.53 Å². The molecule has 0 aromatic heterocycles. The first-order valence-electron chi connectivity index (χ1n) is 3.80. The Kier molecular flexibility index (Phi) is 2.89. The van der Waals surface area contributed by atoms with Crippen LogP contribution < -0.4 is 5.32 Å². The van der Waals surface area contributed by atoms with Crippen molar-refractivity contribution in [2.45, 2.75) is 13.3 Å². The molecule has 62 valence electrons. The molecule has 1 rings (SSSR count). The van der Waals surface area contributed by atoms with Gasteiger partial charge in [0, 0.05) is 19.5 Å². The van der Waals surface area contributed by atoms with E-state index in [2.05, 4.69) is 10.3 Å². The molecule has 0 atom stereocenters. The number of amides is 1. The van der Waals surface area contributed by atoms with Gasteiger partial charge in [0.2, 0.25) is 0 Å². The van der Waals surface area contributed by atoms with Crippen LogP contribution in [0.15, 0.2) is 4.99 Å².